The van der Waals surface area contributed by atoms with Crippen LogP contribution in [0.4, 0.5) is 0 Å². The predicted octanol–water partition coefficient (Wildman–Crippen LogP) is 2.48. The Balaban J connectivity index is 1.60. The van der Waals surface area contributed by atoms with Crippen LogP contribution < -0.4 is 0 Å². The van der Waals surface area contributed by atoms with Gasteiger partial charge in [-0.05, 0) is 62.8 Å². The largest absolute Gasteiger partial charge is 0.396 e. The van der Waals surface area contributed by atoms with E-state index in [9.17, 15) is 10.2 Å². The van der Waals surface area contributed by atoms with Gasteiger partial charge in [-0.25, -0.2) is 0 Å². The van der Waals surface area contributed by atoms with E-state index in [-0.39, 0.29) is 6.61 Å². The minimum absolute atomic E-state index is 0.254. The Hall–Kier alpha value is -0.160. The fourth-order valence-corrected chi connectivity index (χ4v) is 5.32. The fourth-order valence-electron chi connectivity index (χ4n) is 5.32. The highest BCUT2D eigenvalue weighted by molar-refractivity contribution is 4.97. The minimum atomic E-state index is -0.518. The van der Waals surface area contributed by atoms with Crippen molar-refractivity contribution in [1.29, 1.82) is 0 Å². The lowest BCUT2D eigenvalue weighted by atomic mass is 9.68. The van der Waals surface area contributed by atoms with Gasteiger partial charge in [0.2, 0.25) is 0 Å². The molecule has 1 unspecified atom stereocenters. The lowest BCUT2D eigenvalue weighted by molar-refractivity contribution is -0.0740. The normalized spacial score (nSPS) is 39.1. The Morgan fingerprint density at radius 1 is 1.08 bits per heavy atom. The van der Waals surface area contributed by atoms with E-state index in [0.29, 0.717) is 17.5 Å². The quantitative estimate of drug-likeness (QED) is 0.827. The van der Waals surface area contributed by atoms with Crippen molar-refractivity contribution >= 4 is 0 Å². The molecule has 3 rings (SSSR count). The molecule has 0 bridgehead atoms. The SMILES string of the molecule is CC(C)(C)C1CCC(O)(CN2CC3CCCN3C[C@@H]2CCO)CC1. The van der Waals surface area contributed by atoms with Gasteiger partial charge in [0.1, 0.15) is 0 Å². The number of rotatable bonds is 4. The first-order valence-corrected chi connectivity index (χ1v) is 10.1. The van der Waals surface area contributed by atoms with Crippen LogP contribution in [0.15, 0.2) is 0 Å². The number of hydrogen-bond acceptors (Lipinski definition) is 4. The zero-order valence-electron chi connectivity index (χ0n) is 16.0. The average Bonchev–Trinajstić information content (AvgIpc) is 2.94. The Bertz CT molecular complexity index is 412. The van der Waals surface area contributed by atoms with Crippen LogP contribution in [0, 0.1) is 11.3 Å². The summed E-state index contributed by atoms with van der Waals surface area (Å²) in [5.74, 6) is 0.734. The zero-order chi connectivity index (χ0) is 17.4. The van der Waals surface area contributed by atoms with Crippen LogP contribution in [-0.2, 0) is 0 Å². The maximum absolute atomic E-state index is 11.2. The number of aliphatic hydroxyl groups is 2. The Morgan fingerprint density at radius 3 is 2.42 bits per heavy atom. The van der Waals surface area contributed by atoms with Gasteiger partial charge in [0.25, 0.3) is 0 Å². The van der Waals surface area contributed by atoms with Crippen molar-refractivity contribution in [3.05, 3.63) is 0 Å². The van der Waals surface area contributed by atoms with Gasteiger partial charge in [-0.15, -0.1) is 0 Å². The van der Waals surface area contributed by atoms with Crippen LogP contribution in [0.3, 0.4) is 0 Å². The predicted molar refractivity (Wildman–Crippen MR) is 98.0 cm³/mol. The summed E-state index contributed by atoms with van der Waals surface area (Å²) in [4.78, 5) is 5.12. The summed E-state index contributed by atoms with van der Waals surface area (Å²) in [5.41, 5.74) is -0.160. The van der Waals surface area contributed by atoms with Gasteiger partial charge in [0, 0.05) is 38.3 Å². The summed E-state index contributed by atoms with van der Waals surface area (Å²) in [7, 11) is 0. The van der Waals surface area contributed by atoms with Gasteiger partial charge in [-0.2, -0.15) is 0 Å². The number of fused-ring (bicyclic) bond motifs is 1. The molecule has 1 saturated carbocycles. The lowest BCUT2D eigenvalue weighted by Crippen LogP contribution is -2.60. The molecule has 24 heavy (non-hydrogen) atoms. The summed E-state index contributed by atoms with van der Waals surface area (Å²) in [6.07, 6.45) is 7.61. The second-order valence-corrected chi connectivity index (χ2v) is 9.75. The molecule has 0 aromatic rings. The van der Waals surface area contributed by atoms with E-state index in [1.54, 1.807) is 0 Å². The molecule has 4 heteroatoms. The van der Waals surface area contributed by atoms with Crippen LogP contribution in [0.5, 0.6) is 0 Å². The highest BCUT2D eigenvalue weighted by Gasteiger charge is 2.42. The molecule has 2 saturated heterocycles. The first kappa shape index (κ1) is 18.6. The second kappa shape index (κ2) is 7.22. The number of nitrogens with zero attached hydrogens (tertiary/aromatic N) is 2. The van der Waals surface area contributed by atoms with E-state index in [1.165, 1.54) is 19.4 Å². The van der Waals surface area contributed by atoms with E-state index < -0.39 is 5.60 Å². The van der Waals surface area contributed by atoms with Crippen molar-refractivity contribution in [2.45, 2.75) is 83.4 Å². The van der Waals surface area contributed by atoms with Crippen LogP contribution >= 0.6 is 0 Å². The van der Waals surface area contributed by atoms with Crippen LogP contribution in [0.1, 0.15) is 65.7 Å². The van der Waals surface area contributed by atoms with Gasteiger partial charge in [0.15, 0.2) is 0 Å². The summed E-state index contributed by atoms with van der Waals surface area (Å²) < 4.78 is 0. The third-order valence-corrected chi connectivity index (χ3v) is 7.01. The number of hydrogen-bond donors (Lipinski definition) is 2. The van der Waals surface area contributed by atoms with Gasteiger partial charge in [-0.3, -0.25) is 9.80 Å². The molecule has 4 nitrogen and oxygen atoms in total. The van der Waals surface area contributed by atoms with Crippen LogP contribution in [0.25, 0.3) is 0 Å². The van der Waals surface area contributed by atoms with Crippen LogP contribution in [-0.4, -0.2) is 70.5 Å². The van der Waals surface area contributed by atoms with Crippen molar-refractivity contribution < 1.29 is 10.2 Å². The molecule has 3 fully saturated rings. The first-order chi connectivity index (χ1) is 11.3. The molecule has 0 aromatic heterocycles. The molecule has 0 aromatic carbocycles. The average molecular weight is 339 g/mol. The molecule has 2 aliphatic heterocycles. The van der Waals surface area contributed by atoms with Crippen molar-refractivity contribution in [2.75, 3.05) is 32.8 Å². The van der Waals surface area contributed by atoms with E-state index in [4.69, 9.17) is 0 Å². The smallest absolute Gasteiger partial charge is 0.0774 e. The van der Waals surface area contributed by atoms with E-state index in [0.717, 1.165) is 57.7 Å². The molecule has 0 amide bonds. The molecular formula is C20H38N2O2. The number of piperazine rings is 1. The van der Waals surface area contributed by atoms with Gasteiger partial charge in [0.05, 0.1) is 5.60 Å². The van der Waals surface area contributed by atoms with Gasteiger partial charge >= 0.3 is 0 Å². The fraction of sp³-hybridized carbons (Fsp3) is 1.00. The summed E-state index contributed by atoms with van der Waals surface area (Å²) in [6.45, 7) is 11.4. The van der Waals surface area contributed by atoms with Crippen molar-refractivity contribution in [2.24, 2.45) is 11.3 Å². The molecular weight excluding hydrogens is 300 g/mol. The highest BCUT2D eigenvalue weighted by atomic mass is 16.3. The molecule has 140 valence electrons. The minimum Gasteiger partial charge on any atom is -0.396 e. The third-order valence-electron chi connectivity index (χ3n) is 7.01. The second-order valence-electron chi connectivity index (χ2n) is 9.75. The van der Waals surface area contributed by atoms with Crippen LogP contribution in [0.2, 0.25) is 0 Å². The molecule has 0 spiro atoms. The summed E-state index contributed by atoms with van der Waals surface area (Å²) in [6, 6.07) is 1.09. The Morgan fingerprint density at radius 2 is 1.79 bits per heavy atom. The molecule has 1 aliphatic carbocycles. The van der Waals surface area contributed by atoms with Crippen molar-refractivity contribution in [3.63, 3.8) is 0 Å². The van der Waals surface area contributed by atoms with E-state index in [2.05, 4.69) is 30.6 Å². The molecule has 0 radical (unpaired) electrons. The molecule has 2 heterocycles. The highest BCUT2D eigenvalue weighted by Crippen LogP contribution is 2.42. The topological polar surface area (TPSA) is 46.9 Å². The van der Waals surface area contributed by atoms with Gasteiger partial charge in [-0.1, -0.05) is 20.8 Å². The van der Waals surface area contributed by atoms with E-state index in [1.807, 2.05) is 0 Å². The summed E-state index contributed by atoms with van der Waals surface area (Å²) in [5, 5.41) is 20.7. The van der Waals surface area contributed by atoms with Gasteiger partial charge < -0.3 is 10.2 Å². The number of β-amino-alcohol motifs (C(OH)–C–C–N with tert-alkyl or cyclic N) is 1. The lowest BCUT2D eigenvalue weighted by Gasteiger charge is -2.48. The Labute approximate surface area is 148 Å². The third kappa shape index (κ3) is 4.14. The first-order valence-electron chi connectivity index (χ1n) is 10.1. The maximum atomic E-state index is 11.2. The molecule has 2 N–H and O–H groups in total. The zero-order valence-corrected chi connectivity index (χ0v) is 16.0. The maximum Gasteiger partial charge on any atom is 0.0774 e. The summed E-state index contributed by atoms with van der Waals surface area (Å²) >= 11 is 0. The number of aliphatic hydroxyl groups excluding tert-OH is 1. The van der Waals surface area contributed by atoms with Crippen molar-refractivity contribution in [1.82, 2.24) is 9.80 Å². The van der Waals surface area contributed by atoms with E-state index >= 15 is 0 Å². The monoisotopic (exact) mass is 338 g/mol. The molecule has 3 aliphatic rings. The Kier molecular flexibility index (Phi) is 5.60. The standard InChI is InChI=1S/C20H38N2O2/c1-19(2,3)16-6-9-20(24,10-7-16)15-22-14-17-5-4-11-21(17)13-18(22)8-12-23/h16-18,23-24H,4-15H2,1-3H3/t16?,17?,18-,20?/m0/s1. The molecule has 2 atom stereocenters. The van der Waals surface area contributed by atoms with Crippen molar-refractivity contribution in [3.8, 4) is 0 Å².